The zero-order valence-corrected chi connectivity index (χ0v) is 20.6. The summed E-state index contributed by atoms with van der Waals surface area (Å²) < 4.78 is 0. The molecule has 0 spiro atoms. The minimum absolute atomic E-state index is 0.438. The molecule has 0 bridgehead atoms. The summed E-state index contributed by atoms with van der Waals surface area (Å²) in [5.74, 6) is 3.58. The van der Waals surface area contributed by atoms with E-state index in [4.69, 9.17) is 9.97 Å². The van der Waals surface area contributed by atoms with Gasteiger partial charge in [0.1, 0.15) is 11.6 Å². The van der Waals surface area contributed by atoms with Gasteiger partial charge in [-0.05, 0) is 95.6 Å². The molecule has 0 radical (unpaired) electrons. The lowest BCUT2D eigenvalue weighted by molar-refractivity contribution is 0.306. The monoisotopic (exact) mass is 458 g/mol. The highest BCUT2D eigenvalue weighted by molar-refractivity contribution is 5.59. The maximum atomic E-state index is 4.76. The third-order valence-corrected chi connectivity index (χ3v) is 8.74. The fraction of sp³-hybridized carbons (Fsp3) is 0.571. The third-order valence-electron chi connectivity index (χ3n) is 8.74. The molecule has 34 heavy (non-hydrogen) atoms. The summed E-state index contributed by atoms with van der Waals surface area (Å²) in [4.78, 5) is 21.6. The smallest absolute Gasteiger partial charge is 0.123 e. The number of aromatic amines is 2. The van der Waals surface area contributed by atoms with Crippen LogP contribution in [0.3, 0.4) is 0 Å². The predicted molar refractivity (Wildman–Crippen MR) is 136 cm³/mol. The number of hydrogen-bond acceptors (Lipinski definition) is 4. The molecule has 2 aliphatic heterocycles. The van der Waals surface area contributed by atoms with Crippen molar-refractivity contribution in [2.45, 2.75) is 75.3 Å². The Morgan fingerprint density at radius 1 is 0.706 bits per heavy atom. The third kappa shape index (κ3) is 4.22. The van der Waals surface area contributed by atoms with E-state index in [1.165, 1.54) is 80.6 Å². The van der Waals surface area contributed by atoms with Crippen molar-refractivity contribution in [3.63, 3.8) is 0 Å². The average Bonchev–Trinajstić information content (AvgIpc) is 3.66. The molecule has 2 unspecified atom stereocenters. The van der Waals surface area contributed by atoms with Gasteiger partial charge in [0.2, 0.25) is 0 Å². The predicted octanol–water partition coefficient (Wildman–Crippen LogP) is 5.77. The zero-order chi connectivity index (χ0) is 23.1. The molecule has 4 heterocycles. The summed E-state index contributed by atoms with van der Waals surface area (Å²) in [5.41, 5.74) is 5.20. The molecule has 2 aromatic heterocycles. The van der Waals surface area contributed by atoms with E-state index < -0.39 is 0 Å². The first-order valence-corrected chi connectivity index (χ1v) is 13.3. The maximum absolute atomic E-state index is 4.76. The van der Waals surface area contributed by atoms with Crippen molar-refractivity contribution in [1.29, 1.82) is 0 Å². The van der Waals surface area contributed by atoms with Crippen molar-refractivity contribution in [3.8, 4) is 11.3 Å². The number of nitrogens with zero attached hydrogens (tertiary/aromatic N) is 4. The lowest BCUT2D eigenvalue weighted by atomic mass is 9.77. The van der Waals surface area contributed by atoms with Gasteiger partial charge < -0.3 is 9.97 Å². The molecule has 0 amide bonds. The summed E-state index contributed by atoms with van der Waals surface area (Å²) in [7, 11) is 4.42. The molecule has 3 aromatic rings. The first-order chi connectivity index (χ1) is 16.7. The highest BCUT2D eigenvalue weighted by Crippen LogP contribution is 2.41. The molecular formula is C28H38N6. The number of imidazole rings is 2. The fourth-order valence-electron chi connectivity index (χ4n) is 6.57. The van der Waals surface area contributed by atoms with E-state index in [1.54, 1.807) is 0 Å². The molecular weight excluding hydrogens is 420 g/mol. The summed E-state index contributed by atoms with van der Waals surface area (Å²) in [6.45, 7) is 2.35. The van der Waals surface area contributed by atoms with Crippen LogP contribution >= 0.6 is 0 Å². The molecule has 1 saturated carbocycles. The van der Waals surface area contributed by atoms with E-state index in [0.717, 1.165) is 18.1 Å². The minimum Gasteiger partial charge on any atom is -0.344 e. The molecule has 180 valence electrons. The molecule has 6 rings (SSSR count). The Labute approximate surface area is 203 Å². The minimum atomic E-state index is 0.438. The van der Waals surface area contributed by atoms with Crippen LogP contribution in [0.2, 0.25) is 0 Å². The van der Waals surface area contributed by atoms with E-state index in [1.807, 2.05) is 6.20 Å². The molecule has 1 aromatic carbocycles. The first-order valence-electron chi connectivity index (χ1n) is 13.3. The van der Waals surface area contributed by atoms with E-state index in [9.17, 15) is 0 Å². The second-order valence-electron chi connectivity index (χ2n) is 10.9. The van der Waals surface area contributed by atoms with Gasteiger partial charge in [-0.2, -0.15) is 0 Å². The Morgan fingerprint density at radius 3 is 1.91 bits per heavy atom. The van der Waals surface area contributed by atoms with Gasteiger partial charge in [-0.3, -0.25) is 9.80 Å². The summed E-state index contributed by atoms with van der Waals surface area (Å²) >= 11 is 0. The molecule has 3 fully saturated rings. The molecule has 6 nitrogen and oxygen atoms in total. The topological polar surface area (TPSA) is 63.8 Å². The van der Waals surface area contributed by atoms with Crippen molar-refractivity contribution >= 4 is 0 Å². The average molecular weight is 459 g/mol. The first kappa shape index (κ1) is 22.1. The van der Waals surface area contributed by atoms with Gasteiger partial charge in [-0.1, -0.05) is 24.3 Å². The SMILES string of the molecule is CN1CCCC1c1ncc(-c2ccc(C3CCC(c4cnc(C5CCCN5C)[nH]4)CC3)cc2)[nH]1. The maximum Gasteiger partial charge on any atom is 0.123 e. The lowest BCUT2D eigenvalue weighted by Crippen LogP contribution is -2.18. The largest absolute Gasteiger partial charge is 0.344 e. The Kier molecular flexibility index (Phi) is 6.04. The lowest BCUT2D eigenvalue weighted by Gasteiger charge is -2.28. The second kappa shape index (κ2) is 9.31. The van der Waals surface area contributed by atoms with E-state index in [-0.39, 0.29) is 0 Å². The van der Waals surface area contributed by atoms with Crippen molar-refractivity contribution < 1.29 is 0 Å². The number of rotatable bonds is 5. The Hall–Kier alpha value is -2.44. The van der Waals surface area contributed by atoms with Crippen LogP contribution in [-0.4, -0.2) is 56.9 Å². The van der Waals surface area contributed by atoms with Gasteiger partial charge in [0.15, 0.2) is 0 Å². The number of hydrogen-bond donors (Lipinski definition) is 2. The summed E-state index contributed by atoms with van der Waals surface area (Å²) in [6, 6.07) is 10.1. The van der Waals surface area contributed by atoms with Gasteiger partial charge in [0.25, 0.3) is 0 Å². The van der Waals surface area contributed by atoms with Crippen LogP contribution in [0.1, 0.15) is 98.2 Å². The Bertz CT molecular complexity index is 1090. The van der Waals surface area contributed by atoms with Crippen molar-refractivity contribution in [2.24, 2.45) is 0 Å². The molecule has 1 aliphatic carbocycles. The van der Waals surface area contributed by atoms with Crippen LogP contribution in [0.4, 0.5) is 0 Å². The number of aromatic nitrogens is 4. The highest BCUT2D eigenvalue weighted by atomic mass is 15.2. The normalized spacial score (nSPS) is 28.6. The number of H-pyrrole nitrogens is 2. The van der Waals surface area contributed by atoms with Crippen LogP contribution in [-0.2, 0) is 0 Å². The number of likely N-dealkylation sites (tertiary alicyclic amines) is 2. The van der Waals surface area contributed by atoms with Gasteiger partial charge in [0, 0.05) is 17.8 Å². The number of benzene rings is 1. The van der Waals surface area contributed by atoms with Crippen LogP contribution in [0.25, 0.3) is 11.3 Å². The van der Waals surface area contributed by atoms with Gasteiger partial charge in [-0.15, -0.1) is 0 Å². The van der Waals surface area contributed by atoms with E-state index in [2.05, 4.69) is 64.3 Å². The number of nitrogens with one attached hydrogen (secondary N) is 2. The quantitative estimate of drug-likeness (QED) is 0.509. The fourth-order valence-corrected chi connectivity index (χ4v) is 6.57. The van der Waals surface area contributed by atoms with Gasteiger partial charge >= 0.3 is 0 Å². The van der Waals surface area contributed by atoms with Crippen molar-refractivity contribution in [3.05, 3.63) is 59.6 Å². The molecule has 6 heteroatoms. The zero-order valence-electron chi connectivity index (χ0n) is 20.6. The van der Waals surface area contributed by atoms with Crippen molar-refractivity contribution in [1.82, 2.24) is 29.7 Å². The molecule has 2 saturated heterocycles. The van der Waals surface area contributed by atoms with Crippen LogP contribution in [0.15, 0.2) is 36.7 Å². The van der Waals surface area contributed by atoms with E-state index in [0.29, 0.717) is 23.9 Å². The van der Waals surface area contributed by atoms with Crippen molar-refractivity contribution in [2.75, 3.05) is 27.2 Å². The van der Waals surface area contributed by atoms with E-state index >= 15 is 0 Å². The Balaban J connectivity index is 1.07. The highest BCUT2D eigenvalue weighted by Gasteiger charge is 2.29. The van der Waals surface area contributed by atoms with Gasteiger partial charge in [0.05, 0.1) is 24.0 Å². The van der Waals surface area contributed by atoms with Crippen LogP contribution in [0.5, 0.6) is 0 Å². The standard InChI is InChI=1S/C28H38N6/c1-33-15-3-5-25(33)27-29-17-23(31-27)21-11-7-19(8-12-21)20-9-13-22(14-10-20)24-18-30-28(32-24)26-6-4-16-34(26)2/h7-8,11-12,17-18,20,22,25-26H,3-6,9-10,13-16H2,1-2H3,(H,29,31)(H,30,32). The van der Waals surface area contributed by atoms with Crippen LogP contribution in [0, 0.1) is 0 Å². The molecule has 2 N–H and O–H groups in total. The molecule has 2 atom stereocenters. The summed E-state index contributed by atoms with van der Waals surface area (Å²) in [5, 5.41) is 0. The summed E-state index contributed by atoms with van der Waals surface area (Å²) in [6.07, 6.45) is 14.1. The molecule has 3 aliphatic rings. The Morgan fingerprint density at radius 2 is 1.29 bits per heavy atom. The van der Waals surface area contributed by atoms with Gasteiger partial charge in [-0.25, -0.2) is 9.97 Å². The van der Waals surface area contributed by atoms with Crippen LogP contribution < -0.4 is 0 Å². The second-order valence-corrected chi connectivity index (χ2v) is 10.9.